The molecule has 6 nitrogen and oxygen atoms in total. The molecule has 1 aromatic heterocycles. The third-order valence-electron chi connectivity index (χ3n) is 5.20. The second kappa shape index (κ2) is 6.44. The maximum absolute atomic E-state index is 12.6. The molecule has 1 fully saturated rings. The number of nitrogens with zero attached hydrogens (tertiary/aromatic N) is 1. The molecule has 0 spiro atoms. The number of nitrogens with one attached hydrogen (secondary N) is 1. The summed E-state index contributed by atoms with van der Waals surface area (Å²) >= 11 is 0. The molecule has 1 aliphatic carbocycles. The van der Waals surface area contributed by atoms with Gasteiger partial charge in [0.25, 0.3) is 5.91 Å². The van der Waals surface area contributed by atoms with Crippen LogP contribution >= 0.6 is 0 Å². The van der Waals surface area contributed by atoms with Crippen LogP contribution < -0.4 is 10.1 Å². The van der Waals surface area contributed by atoms with Crippen LogP contribution in [0.2, 0.25) is 0 Å². The molecule has 2 aliphatic rings. The first-order valence-corrected chi connectivity index (χ1v) is 8.80. The smallest absolute Gasteiger partial charge is 0.305 e. The fourth-order valence-electron chi connectivity index (χ4n) is 3.64. The molecular weight excluding hydrogens is 332 g/mol. The van der Waals surface area contributed by atoms with E-state index in [1.165, 1.54) is 6.20 Å². The number of amides is 1. The normalized spacial score (nSPS) is 16.9. The van der Waals surface area contributed by atoms with Crippen molar-refractivity contribution in [2.45, 2.75) is 37.6 Å². The van der Waals surface area contributed by atoms with Gasteiger partial charge in [-0.25, -0.2) is 0 Å². The van der Waals surface area contributed by atoms with E-state index in [1.54, 1.807) is 12.3 Å². The summed E-state index contributed by atoms with van der Waals surface area (Å²) in [4.78, 5) is 27.9. The molecule has 0 saturated heterocycles. The number of aliphatic carboxylic acids is 1. The average molecular weight is 352 g/mol. The Hall–Kier alpha value is -2.89. The molecule has 1 saturated carbocycles. The van der Waals surface area contributed by atoms with Crippen LogP contribution in [0.3, 0.4) is 0 Å². The largest absolute Gasteiger partial charge is 0.493 e. The molecule has 0 bridgehead atoms. The number of fused-ring (bicyclic) bond motifs is 1. The molecule has 0 atom stereocenters. The van der Waals surface area contributed by atoms with Gasteiger partial charge in [-0.15, -0.1) is 0 Å². The van der Waals surface area contributed by atoms with Crippen molar-refractivity contribution in [3.05, 3.63) is 47.8 Å². The zero-order chi connectivity index (χ0) is 18.1. The van der Waals surface area contributed by atoms with Crippen LogP contribution in [-0.4, -0.2) is 34.1 Å². The molecule has 0 radical (unpaired) electrons. The third kappa shape index (κ3) is 3.14. The summed E-state index contributed by atoms with van der Waals surface area (Å²) in [5.41, 5.74) is 2.82. The molecule has 2 aromatic rings. The second-order valence-electron chi connectivity index (χ2n) is 7.04. The molecule has 1 aromatic carbocycles. The number of pyridine rings is 1. The number of carboxylic acid groups (broad SMARTS) is 1. The maximum atomic E-state index is 12.6. The number of ether oxygens (including phenoxy) is 1. The minimum Gasteiger partial charge on any atom is -0.493 e. The molecule has 2 N–H and O–H groups in total. The summed E-state index contributed by atoms with van der Waals surface area (Å²) in [6.07, 6.45) is 6.41. The first-order valence-electron chi connectivity index (χ1n) is 8.80. The minimum atomic E-state index is -0.891. The van der Waals surface area contributed by atoms with Crippen LogP contribution in [0.15, 0.2) is 36.7 Å². The minimum absolute atomic E-state index is 0.0450. The van der Waals surface area contributed by atoms with Crippen LogP contribution in [0.1, 0.15) is 41.6 Å². The highest BCUT2D eigenvalue weighted by molar-refractivity contribution is 5.96. The second-order valence-corrected chi connectivity index (χ2v) is 7.04. The highest BCUT2D eigenvalue weighted by atomic mass is 16.5. The van der Waals surface area contributed by atoms with E-state index in [4.69, 9.17) is 9.84 Å². The average Bonchev–Trinajstić information content (AvgIpc) is 3.07. The predicted octanol–water partition coefficient (Wildman–Crippen LogP) is 2.81. The van der Waals surface area contributed by atoms with Crippen LogP contribution in [0.25, 0.3) is 11.1 Å². The van der Waals surface area contributed by atoms with Crippen molar-refractivity contribution in [2.75, 3.05) is 6.61 Å². The fourth-order valence-corrected chi connectivity index (χ4v) is 3.64. The Morgan fingerprint density at radius 2 is 2.04 bits per heavy atom. The Morgan fingerprint density at radius 3 is 2.77 bits per heavy atom. The van der Waals surface area contributed by atoms with E-state index in [1.807, 2.05) is 12.1 Å². The van der Waals surface area contributed by atoms with Crippen LogP contribution in [0.4, 0.5) is 0 Å². The number of aromatic nitrogens is 1. The Morgan fingerprint density at radius 1 is 1.19 bits per heavy atom. The van der Waals surface area contributed by atoms with E-state index in [0.29, 0.717) is 25.0 Å². The van der Waals surface area contributed by atoms with Gasteiger partial charge in [-0.3, -0.25) is 14.6 Å². The number of rotatable bonds is 5. The van der Waals surface area contributed by atoms with E-state index < -0.39 is 11.5 Å². The van der Waals surface area contributed by atoms with Gasteiger partial charge in [0.15, 0.2) is 0 Å². The number of carbonyl (C=O) groups excluding carboxylic acids is 1. The van der Waals surface area contributed by atoms with Crippen LogP contribution in [-0.2, 0) is 11.2 Å². The van der Waals surface area contributed by atoms with Gasteiger partial charge in [-0.1, -0.05) is 6.07 Å². The van der Waals surface area contributed by atoms with Crippen molar-refractivity contribution in [3.63, 3.8) is 0 Å². The van der Waals surface area contributed by atoms with Crippen molar-refractivity contribution in [1.82, 2.24) is 10.3 Å². The molecular formula is C20H20N2O4. The number of hydrogen-bond acceptors (Lipinski definition) is 4. The lowest BCUT2D eigenvalue weighted by molar-refractivity contribution is -0.139. The first kappa shape index (κ1) is 16.6. The molecule has 1 amide bonds. The topological polar surface area (TPSA) is 88.5 Å². The third-order valence-corrected chi connectivity index (χ3v) is 5.20. The molecule has 0 unspecified atom stereocenters. The van der Waals surface area contributed by atoms with Crippen molar-refractivity contribution < 1.29 is 19.4 Å². The number of benzene rings is 1. The summed E-state index contributed by atoms with van der Waals surface area (Å²) < 4.78 is 5.53. The van der Waals surface area contributed by atoms with E-state index in [9.17, 15) is 9.59 Å². The lowest BCUT2D eigenvalue weighted by atomic mass is 9.74. The number of carboxylic acids is 1. The Bertz CT molecular complexity index is 874. The van der Waals surface area contributed by atoms with Gasteiger partial charge in [0.05, 0.1) is 24.1 Å². The molecule has 1 aliphatic heterocycles. The molecule has 2 heterocycles. The van der Waals surface area contributed by atoms with E-state index in [-0.39, 0.29) is 12.3 Å². The molecule has 134 valence electrons. The lowest BCUT2D eigenvalue weighted by Gasteiger charge is -2.41. The first-order chi connectivity index (χ1) is 12.5. The van der Waals surface area contributed by atoms with Crippen molar-refractivity contribution in [2.24, 2.45) is 0 Å². The van der Waals surface area contributed by atoms with Crippen LogP contribution in [0, 0.1) is 0 Å². The monoisotopic (exact) mass is 352 g/mol. The standard InChI is InChI=1S/C20H20N2O4/c23-18(24)10-20(5-1-6-20)22-19(25)16-9-15(11-21-12-16)13-2-3-17-14(8-13)4-7-26-17/h2-3,8-9,11-12H,1,4-7,10H2,(H,22,25)(H,23,24). The van der Waals surface area contributed by atoms with Gasteiger partial charge in [0.2, 0.25) is 0 Å². The molecule has 4 rings (SSSR count). The molecule has 26 heavy (non-hydrogen) atoms. The zero-order valence-electron chi connectivity index (χ0n) is 14.3. The summed E-state index contributed by atoms with van der Waals surface area (Å²) in [5.74, 6) is -0.252. The van der Waals surface area contributed by atoms with Crippen LogP contribution in [0.5, 0.6) is 5.75 Å². The van der Waals surface area contributed by atoms with Crippen molar-refractivity contribution in [3.8, 4) is 16.9 Å². The summed E-state index contributed by atoms with van der Waals surface area (Å²) in [6.45, 7) is 0.700. The van der Waals surface area contributed by atoms with Gasteiger partial charge in [0, 0.05) is 24.4 Å². The summed E-state index contributed by atoms with van der Waals surface area (Å²) in [6, 6.07) is 7.77. The quantitative estimate of drug-likeness (QED) is 0.864. The van der Waals surface area contributed by atoms with Gasteiger partial charge in [-0.2, -0.15) is 0 Å². The highest BCUT2D eigenvalue weighted by Crippen LogP contribution is 2.35. The lowest BCUT2D eigenvalue weighted by Crippen LogP contribution is -2.54. The van der Waals surface area contributed by atoms with Gasteiger partial charge in [-0.05, 0) is 48.6 Å². The highest BCUT2D eigenvalue weighted by Gasteiger charge is 2.40. The predicted molar refractivity (Wildman–Crippen MR) is 95.2 cm³/mol. The van der Waals surface area contributed by atoms with Gasteiger partial charge >= 0.3 is 5.97 Å². The van der Waals surface area contributed by atoms with Gasteiger partial charge in [0.1, 0.15) is 5.75 Å². The molecule has 6 heteroatoms. The van der Waals surface area contributed by atoms with E-state index in [0.717, 1.165) is 35.3 Å². The maximum Gasteiger partial charge on any atom is 0.305 e. The Balaban J connectivity index is 1.55. The van der Waals surface area contributed by atoms with Crippen molar-refractivity contribution in [1.29, 1.82) is 0 Å². The zero-order valence-corrected chi connectivity index (χ0v) is 14.3. The van der Waals surface area contributed by atoms with E-state index >= 15 is 0 Å². The number of carbonyl (C=O) groups is 2. The SMILES string of the molecule is O=C(O)CC1(NC(=O)c2cncc(-c3ccc4c(c3)CCO4)c2)CCC1. The Kier molecular flexibility index (Phi) is 4.11. The fraction of sp³-hybridized carbons (Fsp3) is 0.350. The summed E-state index contributed by atoms with van der Waals surface area (Å²) in [7, 11) is 0. The van der Waals surface area contributed by atoms with Crippen molar-refractivity contribution >= 4 is 11.9 Å². The summed E-state index contributed by atoms with van der Waals surface area (Å²) in [5, 5.41) is 12.0. The Labute approximate surface area is 151 Å². The van der Waals surface area contributed by atoms with E-state index in [2.05, 4.69) is 16.4 Å². The number of hydrogen-bond donors (Lipinski definition) is 2. The van der Waals surface area contributed by atoms with Gasteiger partial charge < -0.3 is 15.2 Å².